The van der Waals surface area contributed by atoms with Crippen molar-refractivity contribution < 1.29 is 4.79 Å². The van der Waals surface area contributed by atoms with E-state index in [2.05, 4.69) is 31.3 Å². The second kappa shape index (κ2) is 4.97. The molecule has 0 unspecified atom stereocenters. The van der Waals surface area contributed by atoms with Crippen molar-refractivity contribution in [3.05, 3.63) is 35.9 Å². The fraction of sp³-hybridized carbons (Fsp3) is 0.562. The molecule has 0 atom stereocenters. The third-order valence-corrected chi connectivity index (χ3v) is 3.94. The molecule has 1 heterocycles. The van der Waals surface area contributed by atoms with Crippen LogP contribution in [0.2, 0.25) is 0 Å². The second-order valence-electron chi connectivity index (χ2n) is 6.48. The Hall–Kier alpha value is -1.35. The Balaban J connectivity index is 2.10. The standard InChI is InChI=1S/C16H24N2O/c1-15(2)12-17-16(3,4)14(19)18(15)11-10-13-8-6-5-7-9-13/h5-9,17H,10-12H2,1-4H3. The van der Waals surface area contributed by atoms with Gasteiger partial charge in [0.2, 0.25) is 5.91 Å². The Morgan fingerprint density at radius 2 is 1.79 bits per heavy atom. The molecule has 0 aromatic heterocycles. The number of carbonyl (C=O) groups excluding carboxylic acids is 1. The third kappa shape index (κ3) is 2.98. The van der Waals surface area contributed by atoms with Crippen LogP contribution in [0.3, 0.4) is 0 Å². The van der Waals surface area contributed by atoms with Crippen molar-refractivity contribution in [1.29, 1.82) is 0 Å². The molecule has 1 aliphatic rings. The average Bonchev–Trinajstić information content (AvgIpc) is 2.36. The number of nitrogens with zero attached hydrogens (tertiary/aromatic N) is 1. The summed E-state index contributed by atoms with van der Waals surface area (Å²) in [5, 5.41) is 3.34. The highest BCUT2D eigenvalue weighted by atomic mass is 16.2. The van der Waals surface area contributed by atoms with Crippen LogP contribution in [0.25, 0.3) is 0 Å². The van der Waals surface area contributed by atoms with E-state index in [1.54, 1.807) is 0 Å². The van der Waals surface area contributed by atoms with E-state index in [0.717, 1.165) is 19.5 Å². The second-order valence-corrected chi connectivity index (χ2v) is 6.48. The van der Waals surface area contributed by atoms with Crippen molar-refractivity contribution in [3.63, 3.8) is 0 Å². The topological polar surface area (TPSA) is 32.3 Å². The first-order valence-corrected chi connectivity index (χ1v) is 6.94. The number of benzene rings is 1. The Labute approximate surface area is 116 Å². The van der Waals surface area contributed by atoms with Crippen LogP contribution in [-0.2, 0) is 11.2 Å². The zero-order chi connectivity index (χ0) is 14.1. The number of amides is 1. The molecule has 1 aliphatic heterocycles. The van der Waals surface area contributed by atoms with Gasteiger partial charge in [-0.25, -0.2) is 0 Å². The zero-order valence-electron chi connectivity index (χ0n) is 12.4. The molecule has 104 valence electrons. The van der Waals surface area contributed by atoms with Gasteiger partial charge in [0, 0.05) is 18.6 Å². The van der Waals surface area contributed by atoms with Crippen molar-refractivity contribution in [3.8, 4) is 0 Å². The first-order valence-electron chi connectivity index (χ1n) is 6.94. The Kier molecular flexibility index (Phi) is 3.68. The van der Waals surface area contributed by atoms with E-state index < -0.39 is 5.54 Å². The highest BCUT2D eigenvalue weighted by Gasteiger charge is 2.43. The molecule has 1 aromatic carbocycles. The maximum atomic E-state index is 12.5. The Bertz CT molecular complexity index is 451. The summed E-state index contributed by atoms with van der Waals surface area (Å²) < 4.78 is 0. The molecule has 0 bridgehead atoms. The first kappa shape index (κ1) is 14.1. The van der Waals surface area contributed by atoms with Gasteiger partial charge in [-0.15, -0.1) is 0 Å². The molecule has 3 nitrogen and oxygen atoms in total. The van der Waals surface area contributed by atoms with E-state index in [0.29, 0.717) is 0 Å². The maximum Gasteiger partial charge on any atom is 0.242 e. The van der Waals surface area contributed by atoms with Crippen LogP contribution in [0, 0.1) is 0 Å². The molecule has 1 fully saturated rings. The summed E-state index contributed by atoms with van der Waals surface area (Å²) in [6, 6.07) is 10.3. The molecule has 3 heteroatoms. The Morgan fingerprint density at radius 1 is 1.16 bits per heavy atom. The summed E-state index contributed by atoms with van der Waals surface area (Å²) in [6.45, 7) is 9.78. The summed E-state index contributed by atoms with van der Waals surface area (Å²) in [4.78, 5) is 14.6. The summed E-state index contributed by atoms with van der Waals surface area (Å²) in [5.41, 5.74) is 0.704. The minimum absolute atomic E-state index is 0.124. The molecule has 1 saturated heterocycles. The fourth-order valence-corrected chi connectivity index (χ4v) is 2.51. The van der Waals surface area contributed by atoms with Gasteiger partial charge in [0.25, 0.3) is 0 Å². The van der Waals surface area contributed by atoms with Crippen LogP contribution in [0.4, 0.5) is 0 Å². The SMILES string of the molecule is CC1(C)NCC(C)(C)N(CCc2ccccc2)C1=O. The summed E-state index contributed by atoms with van der Waals surface area (Å²) in [6.07, 6.45) is 0.909. The minimum atomic E-state index is -0.452. The monoisotopic (exact) mass is 260 g/mol. The van der Waals surface area contributed by atoms with Crippen LogP contribution >= 0.6 is 0 Å². The summed E-state index contributed by atoms with van der Waals surface area (Å²) in [5.74, 6) is 0.194. The number of carbonyl (C=O) groups is 1. The lowest BCUT2D eigenvalue weighted by atomic mass is 9.90. The number of hydrogen-bond acceptors (Lipinski definition) is 2. The normalized spacial score (nSPS) is 21.5. The highest BCUT2D eigenvalue weighted by molar-refractivity contribution is 5.87. The molecule has 1 amide bonds. The van der Waals surface area contributed by atoms with Gasteiger partial charge in [-0.3, -0.25) is 4.79 Å². The number of rotatable bonds is 3. The van der Waals surface area contributed by atoms with Crippen molar-refractivity contribution >= 4 is 5.91 Å². The molecule has 0 saturated carbocycles. The molecule has 0 radical (unpaired) electrons. The zero-order valence-corrected chi connectivity index (χ0v) is 12.4. The summed E-state index contributed by atoms with van der Waals surface area (Å²) in [7, 11) is 0. The third-order valence-electron chi connectivity index (χ3n) is 3.94. The quantitative estimate of drug-likeness (QED) is 0.904. The summed E-state index contributed by atoms with van der Waals surface area (Å²) >= 11 is 0. The van der Waals surface area contributed by atoms with E-state index in [-0.39, 0.29) is 11.4 Å². The smallest absolute Gasteiger partial charge is 0.242 e. The van der Waals surface area contributed by atoms with Crippen LogP contribution in [0.15, 0.2) is 30.3 Å². The minimum Gasteiger partial charge on any atom is -0.334 e. The van der Waals surface area contributed by atoms with Gasteiger partial charge in [0.05, 0.1) is 5.54 Å². The lowest BCUT2D eigenvalue weighted by Crippen LogP contribution is -2.69. The van der Waals surface area contributed by atoms with Crippen LogP contribution < -0.4 is 5.32 Å². The van der Waals surface area contributed by atoms with Crippen molar-refractivity contribution in [2.24, 2.45) is 0 Å². The van der Waals surface area contributed by atoms with Gasteiger partial charge in [-0.05, 0) is 39.7 Å². The van der Waals surface area contributed by atoms with Crippen molar-refractivity contribution in [1.82, 2.24) is 10.2 Å². The van der Waals surface area contributed by atoms with Crippen LogP contribution in [-0.4, -0.2) is 35.0 Å². The molecule has 1 aromatic rings. The molecule has 0 spiro atoms. The van der Waals surface area contributed by atoms with Crippen LogP contribution in [0.1, 0.15) is 33.3 Å². The fourth-order valence-electron chi connectivity index (χ4n) is 2.51. The van der Waals surface area contributed by atoms with Gasteiger partial charge in [-0.1, -0.05) is 30.3 Å². The average molecular weight is 260 g/mol. The van der Waals surface area contributed by atoms with Gasteiger partial charge in [-0.2, -0.15) is 0 Å². The van der Waals surface area contributed by atoms with Gasteiger partial charge in [0.1, 0.15) is 0 Å². The van der Waals surface area contributed by atoms with E-state index >= 15 is 0 Å². The van der Waals surface area contributed by atoms with Gasteiger partial charge < -0.3 is 10.2 Å². The maximum absolute atomic E-state index is 12.5. The molecule has 1 N–H and O–H groups in total. The lowest BCUT2D eigenvalue weighted by molar-refractivity contribution is -0.147. The highest BCUT2D eigenvalue weighted by Crippen LogP contribution is 2.24. The first-order chi connectivity index (χ1) is 8.83. The predicted molar refractivity (Wildman–Crippen MR) is 78.0 cm³/mol. The number of nitrogens with one attached hydrogen (secondary N) is 1. The van der Waals surface area contributed by atoms with Gasteiger partial charge >= 0.3 is 0 Å². The molecular formula is C16H24N2O. The predicted octanol–water partition coefficient (Wildman–Crippen LogP) is 2.22. The molecule has 0 aliphatic carbocycles. The van der Waals surface area contributed by atoms with E-state index in [1.165, 1.54) is 5.56 Å². The lowest BCUT2D eigenvalue weighted by Gasteiger charge is -2.49. The Morgan fingerprint density at radius 3 is 2.42 bits per heavy atom. The molecule has 2 rings (SSSR count). The van der Waals surface area contributed by atoms with E-state index in [1.807, 2.05) is 36.9 Å². The number of hydrogen-bond donors (Lipinski definition) is 1. The molecular weight excluding hydrogens is 236 g/mol. The van der Waals surface area contributed by atoms with E-state index in [9.17, 15) is 4.79 Å². The van der Waals surface area contributed by atoms with Crippen molar-refractivity contribution in [2.45, 2.75) is 45.2 Å². The van der Waals surface area contributed by atoms with Gasteiger partial charge in [0.15, 0.2) is 0 Å². The van der Waals surface area contributed by atoms with Crippen LogP contribution in [0.5, 0.6) is 0 Å². The molecule has 19 heavy (non-hydrogen) atoms. The van der Waals surface area contributed by atoms with Crippen molar-refractivity contribution in [2.75, 3.05) is 13.1 Å². The number of piperazine rings is 1. The largest absolute Gasteiger partial charge is 0.334 e. The van der Waals surface area contributed by atoms with E-state index in [4.69, 9.17) is 0 Å².